The topological polar surface area (TPSA) is 56.5 Å². The Bertz CT molecular complexity index is 137. The Morgan fingerprint density at radius 2 is 1.80 bits per heavy atom. The van der Waals surface area contributed by atoms with Crippen molar-refractivity contribution in [3.05, 3.63) is 0 Å². The minimum absolute atomic E-state index is 0.390. The van der Waals surface area contributed by atoms with E-state index >= 15 is 0 Å². The SMILES string of the molecule is CC(N)C1CNC1.CCO[SiH](C)OCC. The first-order valence-corrected chi connectivity index (χ1v) is 7.91. The smallest absolute Gasteiger partial charge is 0.318 e. The minimum atomic E-state index is -1.20. The Morgan fingerprint density at radius 3 is 1.93 bits per heavy atom. The molecular formula is C10H26N2O2Si. The molecule has 0 aromatic heterocycles. The predicted molar refractivity (Wildman–Crippen MR) is 66.3 cm³/mol. The maximum atomic E-state index is 5.56. The van der Waals surface area contributed by atoms with E-state index in [1.807, 2.05) is 20.4 Å². The van der Waals surface area contributed by atoms with Crippen molar-refractivity contribution in [3.63, 3.8) is 0 Å². The number of nitrogens with one attached hydrogen (secondary N) is 1. The lowest BCUT2D eigenvalue weighted by atomic mass is 9.96. The predicted octanol–water partition coefficient (Wildman–Crippen LogP) is 0.463. The Kier molecular flexibility index (Phi) is 9.33. The van der Waals surface area contributed by atoms with Gasteiger partial charge in [-0.1, -0.05) is 0 Å². The normalized spacial score (nSPS) is 18.0. The van der Waals surface area contributed by atoms with Crippen molar-refractivity contribution in [2.75, 3.05) is 26.3 Å². The fraction of sp³-hybridized carbons (Fsp3) is 1.00. The standard InChI is InChI=1S/C5H12N2.C5H14O2Si/c1-4(6)5-2-7-3-5;1-4-6-8(3)7-5-2/h4-5,7H,2-3,6H2,1H3;8H,4-5H2,1-3H3. The molecule has 1 heterocycles. The van der Waals surface area contributed by atoms with Gasteiger partial charge in [0.05, 0.1) is 0 Å². The lowest BCUT2D eigenvalue weighted by Gasteiger charge is -2.30. The third kappa shape index (κ3) is 7.93. The van der Waals surface area contributed by atoms with Gasteiger partial charge in [-0.25, -0.2) is 0 Å². The molecule has 1 fully saturated rings. The van der Waals surface area contributed by atoms with E-state index in [-0.39, 0.29) is 0 Å². The largest absolute Gasteiger partial charge is 0.397 e. The second-order valence-corrected chi connectivity index (χ2v) is 5.56. The summed E-state index contributed by atoms with van der Waals surface area (Å²) in [6.07, 6.45) is 0. The molecule has 0 saturated carbocycles. The van der Waals surface area contributed by atoms with Gasteiger partial charge in [-0.05, 0) is 33.2 Å². The monoisotopic (exact) mass is 234 g/mol. The van der Waals surface area contributed by atoms with Crippen molar-refractivity contribution in [2.24, 2.45) is 11.7 Å². The molecule has 0 amide bonds. The maximum Gasteiger partial charge on any atom is 0.318 e. The van der Waals surface area contributed by atoms with Crippen LogP contribution in [-0.4, -0.2) is 41.6 Å². The van der Waals surface area contributed by atoms with Gasteiger partial charge in [0.25, 0.3) is 0 Å². The lowest BCUT2D eigenvalue weighted by Crippen LogP contribution is -2.50. The van der Waals surface area contributed by atoms with E-state index in [0.717, 1.165) is 32.2 Å². The minimum Gasteiger partial charge on any atom is -0.397 e. The highest BCUT2D eigenvalue weighted by Crippen LogP contribution is 2.04. The van der Waals surface area contributed by atoms with Crippen LogP contribution in [0.1, 0.15) is 20.8 Å². The molecule has 0 bridgehead atoms. The summed E-state index contributed by atoms with van der Waals surface area (Å²) in [7, 11) is -1.20. The van der Waals surface area contributed by atoms with Crippen LogP contribution >= 0.6 is 0 Å². The number of rotatable bonds is 5. The fourth-order valence-electron chi connectivity index (χ4n) is 1.20. The first-order valence-electron chi connectivity index (χ1n) is 5.81. The van der Waals surface area contributed by atoms with E-state index in [1.54, 1.807) is 0 Å². The van der Waals surface area contributed by atoms with Crippen molar-refractivity contribution in [1.82, 2.24) is 5.32 Å². The van der Waals surface area contributed by atoms with Gasteiger partial charge in [0.15, 0.2) is 0 Å². The van der Waals surface area contributed by atoms with Gasteiger partial charge >= 0.3 is 9.28 Å². The van der Waals surface area contributed by atoms with Crippen LogP contribution in [0.5, 0.6) is 0 Å². The van der Waals surface area contributed by atoms with Crippen molar-refractivity contribution in [3.8, 4) is 0 Å². The van der Waals surface area contributed by atoms with Crippen molar-refractivity contribution in [2.45, 2.75) is 33.4 Å². The summed E-state index contributed by atoms with van der Waals surface area (Å²) in [5, 5.41) is 3.16. The Morgan fingerprint density at radius 1 is 1.33 bits per heavy atom. The molecule has 1 atom stereocenters. The summed E-state index contributed by atoms with van der Waals surface area (Å²) in [6.45, 7) is 11.9. The summed E-state index contributed by atoms with van der Waals surface area (Å²) in [5.74, 6) is 0.750. The lowest BCUT2D eigenvalue weighted by molar-refractivity contribution is 0.219. The zero-order valence-electron chi connectivity index (χ0n) is 10.5. The number of hydrogen-bond donors (Lipinski definition) is 2. The van der Waals surface area contributed by atoms with Crippen LogP contribution in [-0.2, 0) is 8.85 Å². The molecule has 15 heavy (non-hydrogen) atoms. The second-order valence-electron chi connectivity index (χ2n) is 3.76. The van der Waals surface area contributed by atoms with E-state index in [0.29, 0.717) is 6.04 Å². The Labute approximate surface area is 95.4 Å². The molecule has 1 saturated heterocycles. The second kappa shape index (κ2) is 9.29. The van der Waals surface area contributed by atoms with Crippen LogP contribution in [0.2, 0.25) is 6.55 Å². The molecule has 4 nitrogen and oxygen atoms in total. The van der Waals surface area contributed by atoms with Crippen molar-refractivity contribution < 1.29 is 8.85 Å². The number of nitrogens with two attached hydrogens (primary N) is 1. The summed E-state index contributed by atoms with van der Waals surface area (Å²) in [6, 6.07) is 0.390. The third-order valence-electron chi connectivity index (χ3n) is 2.36. The molecule has 0 aliphatic carbocycles. The number of hydrogen-bond acceptors (Lipinski definition) is 4. The highest BCUT2D eigenvalue weighted by Gasteiger charge is 2.19. The van der Waals surface area contributed by atoms with Crippen LogP contribution in [0.4, 0.5) is 0 Å². The van der Waals surface area contributed by atoms with Gasteiger partial charge in [0.1, 0.15) is 0 Å². The highest BCUT2D eigenvalue weighted by atomic mass is 28.3. The van der Waals surface area contributed by atoms with Gasteiger partial charge < -0.3 is 19.9 Å². The van der Waals surface area contributed by atoms with Crippen LogP contribution in [0.15, 0.2) is 0 Å². The molecule has 3 N–H and O–H groups in total. The molecule has 0 radical (unpaired) electrons. The molecule has 1 aliphatic rings. The average Bonchev–Trinajstić information content (AvgIpc) is 2.01. The van der Waals surface area contributed by atoms with Crippen LogP contribution in [0.3, 0.4) is 0 Å². The summed E-state index contributed by atoms with van der Waals surface area (Å²) in [4.78, 5) is 0. The molecular weight excluding hydrogens is 208 g/mol. The average molecular weight is 234 g/mol. The molecule has 0 spiro atoms. The molecule has 1 aliphatic heterocycles. The van der Waals surface area contributed by atoms with Crippen LogP contribution < -0.4 is 11.1 Å². The molecule has 0 aromatic rings. The van der Waals surface area contributed by atoms with Gasteiger partial charge in [-0.15, -0.1) is 0 Å². The van der Waals surface area contributed by atoms with E-state index in [4.69, 9.17) is 14.6 Å². The quantitative estimate of drug-likeness (QED) is 0.679. The van der Waals surface area contributed by atoms with Crippen LogP contribution in [0, 0.1) is 5.92 Å². The first-order chi connectivity index (χ1) is 7.11. The third-order valence-corrected chi connectivity index (χ3v) is 3.96. The van der Waals surface area contributed by atoms with Gasteiger partial charge in [-0.3, -0.25) is 0 Å². The fourth-order valence-corrected chi connectivity index (χ4v) is 2.24. The van der Waals surface area contributed by atoms with Crippen molar-refractivity contribution >= 4 is 9.28 Å². The molecule has 5 heteroatoms. The van der Waals surface area contributed by atoms with E-state index < -0.39 is 9.28 Å². The summed E-state index contributed by atoms with van der Waals surface area (Å²) >= 11 is 0. The summed E-state index contributed by atoms with van der Waals surface area (Å²) in [5.41, 5.74) is 5.56. The van der Waals surface area contributed by atoms with Crippen LogP contribution in [0.25, 0.3) is 0 Å². The van der Waals surface area contributed by atoms with Gasteiger partial charge in [0, 0.05) is 32.3 Å². The van der Waals surface area contributed by atoms with Gasteiger partial charge in [0.2, 0.25) is 0 Å². The van der Waals surface area contributed by atoms with E-state index in [2.05, 4.69) is 12.2 Å². The maximum absolute atomic E-state index is 5.56. The zero-order chi connectivity index (χ0) is 11.7. The zero-order valence-corrected chi connectivity index (χ0v) is 11.6. The van der Waals surface area contributed by atoms with Gasteiger partial charge in [-0.2, -0.15) is 0 Å². The Hall–Kier alpha value is 0.0569. The molecule has 1 unspecified atom stereocenters. The summed E-state index contributed by atoms with van der Waals surface area (Å²) < 4.78 is 10.4. The van der Waals surface area contributed by atoms with E-state index in [1.165, 1.54) is 0 Å². The van der Waals surface area contributed by atoms with Crippen molar-refractivity contribution in [1.29, 1.82) is 0 Å². The molecule has 92 valence electrons. The van der Waals surface area contributed by atoms with E-state index in [9.17, 15) is 0 Å². The Balaban J connectivity index is 0.000000262. The first kappa shape index (κ1) is 15.1. The molecule has 0 aromatic carbocycles. The highest BCUT2D eigenvalue weighted by molar-refractivity contribution is 6.42. The molecule has 1 rings (SSSR count).